The van der Waals surface area contributed by atoms with Crippen LogP contribution in [0, 0.1) is 6.92 Å². The van der Waals surface area contributed by atoms with E-state index in [4.69, 9.17) is 4.74 Å². The molecule has 1 atom stereocenters. The van der Waals surface area contributed by atoms with Gasteiger partial charge in [0, 0.05) is 31.9 Å². The van der Waals surface area contributed by atoms with Crippen LogP contribution in [0.25, 0.3) is 0 Å². The lowest BCUT2D eigenvalue weighted by atomic mass is 10.2. The number of benzene rings is 2. The van der Waals surface area contributed by atoms with Crippen LogP contribution in [0.1, 0.15) is 25.3 Å². The molecule has 1 saturated heterocycles. The number of amidine groups is 1. The highest BCUT2D eigenvalue weighted by Crippen LogP contribution is 2.32. The fourth-order valence-electron chi connectivity index (χ4n) is 3.10. The number of carbonyl (C=O) groups is 2. The monoisotopic (exact) mass is 425 g/mol. The Bertz CT molecular complexity index is 902. The minimum absolute atomic E-state index is 0.0777. The second kappa shape index (κ2) is 10.9. The van der Waals surface area contributed by atoms with E-state index in [0.29, 0.717) is 24.9 Å². The molecule has 0 saturated carbocycles. The molecule has 3 rings (SSSR count). The molecule has 2 aromatic rings. The summed E-state index contributed by atoms with van der Waals surface area (Å²) in [5.41, 5.74) is 2.54. The van der Waals surface area contributed by atoms with Crippen LogP contribution >= 0.6 is 11.8 Å². The molecule has 1 aliphatic heterocycles. The number of hydrogen-bond acceptors (Lipinski definition) is 5. The van der Waals surface area contributed by atoms with Crippen LogP contribution in [0.4, 0.5) is 11.4 Å². The van der Waals surface area contributed by atoms with E-state index in [9.17, 15) is 9.59 Å². The molecule has 1 N–H and O–H groups in total. The standard InChI is InChI=1S/C23H27N3O3S/c1-3-29-15-9-14-26-22(28)20(30-23(26)24-18-11-5-4-6-12-18)16-21(27)25-19-13-8-7-10-17(19)2/h4-8,10-13,20H,3,9,14-16H2,1-2H3,(H,25,27)/t20-/m1/s1. The van der Waals surface area contributed by atoms with Crippen LogP contribution < -0.4 is 5.32 Å². The molecule has 7 heteroatoms. The van der Waals surface area contributed by atoms with Crippen molar-refractivity contribution < 1.29 is 14.3 Å². The van der Waals surface area contributed by atoms with E-state index in [-0.39, 0.29) is 18.2 Å². The first-order valence-electron chi connectivity index (χ1n) is 10.1. The first-order valence-corrected chi connectivity index (χ1v) is 11.0. The summed E-state index contributed by atoms with van der Waals surface area (Å²) in [7, 11) is 0. The Morgan fingerprint density at radius 1 is 1.17 bits per heavy atom. The zero-order valence-electron chi connectivity index (χ0n) is 17.3. The lowest BCUT2D eigenvalue weighted by Crippen LogP contribution is -2.34. The summed E-state index contributed by atoms with van der Waals surface area (Å²) < 4.78 is 5.40. The van der Waals surface area contributed by atoms with Gasteiger partial charge < -0.3 is 10.1 Å². The Morgan fingerprint density at radius 3 is 2.63 bits per heavy atom. The Kier molecular flexibility index (Phi) is 8.04. The van der Waals surface area contributed by atoms with Crippen molar-refractivity contribution in [1.82, 2.24) is 4.90 Å². The number of rotatable bonds is 9. The molecule has 1 fully saturated rings. The van der Waals surface area contributed by atoms with Gasteiger partial charge in [-0.05, 0) is 44.0 Å². The molecule has 0 radical (unpaired) electrons. The summed E-state index contributed by atoms with van der Waals surface area (Å²) in [5.74, 6) is -0.253. The summed E-state index contributed by atoms with van der Waals surface area (Å²) in [6, 6.07) is 17.1. The van der Waals surface area contributed by atoms with Crippen LogP contribution in [-0.4, -0.2) is 46.9 Å². The quantitative estimate of drug-likeness (QED) is 0.605. The number of nitrogens with one attached hydrogen (secondary N) is 1. The van der Waals surface area contributed by atoms with Crippen molar-refractivity contribution in [3.63, 3.8) is 0 Å². The molecule has 30 heavy (non-hydrogen) atoms. The minimum atomic E-state index is -0.483. The molecule has 0 spiro atoms. The predicted octanol–water partition coefficient (Wildman–Crippen LogP) is 4.38. The van der Waals surface area contributed by atoms with Crippen molar-refractivity contribution in [3.8, 4) is 0 Å². The van der Waals surface area contributed by atoms with Gasteiger partial charge in [-0.1, -0.05) is 48.2 Å². The van der Waals surface area contributed by atoms with Crippen molar-refractivity contribution in [1.29, 1.82) is 0 Å². The molecular formula is C23H27N3O3S. The van der Waals surface area contributed by atoms with E-state index in [0.717, 1.165) is 23.4 Å². The van der Waals surface area contributed by atoms with Crippen molar-refractivity contribution in [2.24, 2.45) is 4.99 Å². The van der Waals surface area contributed by atoms with Gasteiger partial charge in [0.05, 0.1) is 5.69 Å². The summed E-state index contributed by atoms with van der Waals surface area (Å²) in [4.78, 5) is 31.9. The zero-order valence-corrected chi connectivity index (χ0v) is 18.2. The van der Waals surface area contributed by atoms with Gasteiger partial charge in [0.2, 0.25) is 11.8 Å². The van der Waals surface area contributed by atoms with Gasteiger partial charge in [0.15, 0.2) is 5.17 Å². The summed E-state index contributed by atoms with van der Waals surface area (Å²) in [6.45, 7) is 5.64. The maximum atomic E-state index is 13.0. The molecule has 1 aliphatic rings. The maximum absolute atomic E-state index is 13.0. The van der Waals surface area contributed by atoms with Gasteiger partial charge in [-0.3, -0.25) is 14.5 Å². The van der Waals surface area contributed by atoms with Crippen LogP contribution in [0.15, 0.2) is 59.6 Å². The number of aliphatic imine (C=N–C) groups is 1. The van der Waals surface area contributed by atoms with E-state index in [1.54, 1.807) is 4.90 Å². The van der Waals surface area contributed by atoms with Crippen molar-refractivity contribution in [2.75, 3.05) is 25.1 Å². The first-order chi connectivity index (χ1) is 14.6. The van der Waals surface area contributed by atoms with Gasteiger partial charge in [-0.15, -0.1) is 0 Å². The normalized spacial score (nSPS) is 17.5. The second-order valence-corrected chi connectivity index (χ2v) is 8.11. The van der Waals surface area contributed by atoms with Gasteiger partial charge >= 0.3 is 0 Å². The number of amides is 2. The van der Waals surface area contributed by atoms with E-state index in [2.05, 4.69) is 10.3 Å². The first kappa shape index (κ1) is 22.1. The van der Waals surface area contributed by atoms with Crippen molar-refractivity contribution in [3.05, 3.63) is 60.2 Å². The Morgan fingerprint density at radius 2 is 1.90 bits per heavy atom. The van der Waals surface area contributed by atoms with E-state index in [1.807, 2.05) is 68.4 Å². The number of ether oxygens (including phenoxy) is 1. The lowest BCUT2D eigenvalue weighted by Gasteiger charge is -2.16. The molecule has 158 valence electrons. The molecule has 0 unspecified atom stereocenters. The topological polar surface area (TPSA) is 71.0 Å². The molecular weight excluding hydrogens is 398 g/mol. The van der Waals surface area contributed by atoms with Crippen LogP contribution in [0.3, 0.4) is 0 Å². The molecule has 6 nitrogen and oxygen atoms in total. The van der Waals surface area contributed by atoms with Crippen LogP contribution in [-0.2, 0) is 14.3 Å². The third kappa shape index (κ3) is 5.93. The highest BCUT2D eigenvalue weighted by atomic mass is 32.2. The zero-order chi connectivity index (χ0) is 21.3. The molecule has 0 aromatic heterocycles. The summed E-state index contributed by atoms with van der Waals surface area (Å²) in [5, 5.41) is 3.07. The number of carbonyl (C=O) groups excluding carboxylic acids is 2. The fourth-order valence-corrected chi connectivity index (χ4v) is 4.28. The number of para-hydroxylation sites is 2. The average molecular weight is 426 g/mol. The Hall–Kier alpha value is -2.64. The third-order valence-corrected chi connectivity index (χ3v) is 5.84. The van der Waals surface area contributed by atoms with Gasteiger partial charge in [-0.2, -0.15) is 0 Å². The molecule has 0 aliphatic carbocycles. The number of thioether (sulfide) groups is 1. The molecule has 1 heterocycles. The predicted molar refractivity (Wildman–Crippen MR) is 122 cm³/mol. The molecule has 0 bridgehead atoms. The fraction of sp³-hybridized carbons (Fsp3) is 0.348. The minimum Gasteiger partial charge on any atom is -0.382 e. The highest BCUT2D eigenvalue weighted by molar-refractivity contribution is 8.15. The Balaban J connectivity index is 1.70. The summed E-state index contributed by atoms with van der Waals surface area (Å²) >= 11 is 1.35. The van der Waals surface area contributed by atoms with Crippen molar-refractivity contribution in [2.45, 2.75) is 31.9 Å². The number of hydrogen-bond donors (Lipinski definition) is 1. The SMILES string of the molecule is CCOCCCN1C(=O)[C@@H](CC(=O)Nc2ccccc2C)SC1=Nc1ccccc1. The van der Waals surface area contributed by atoms with Crippen LogP contribution in [0.2, 0.25) is 0 Å². The van der Waals surface area contributed by atoms with Gasteiger partial charge in [-0.25, -0.2) is 4.99 Å². The van der Waals surface area contributed by atoms with E-state index in [1.165, 1.54) is 11.8 Å². The number of nitrogens with zero attached hydrogens (tertiary/aromatic N) is 2. The largest absolute Gasteiger partial charge is 0.382 e. The van der Waals surface area contributed by atoms with Gasteiger partial charge in [0.1, 0.15) is 5.25 Å². The molecule has 2 amide bonds. The van der Waals surface area contributed by atoms with E-state index >= 15 is 0 Å². The second-order valence-electron chi connectivity index (χ2n) is 6.94. The molecule has 2 aromatic carbocycles. The summed E-state index contributed by atoms with van der Waals surface area (Å²) in [6.07, 6.45) is 0.823. The lowest BCUT2D eigenvalue weighted by molar-refractivity contribution is -0.128. The average Bonchev–Trinajstić information content (AvgIpc) is 3.02. The Labute approximate surface area is 181 Å². The smallest absolute Gasteiger partial charge is 0.242 e. The van der Waals surface area contributed by atoms with Crippen LogP contribution in [0.5, 0.6) is 0 Å². The maximum Gasteiger partial charge on any atom is 0.242 e. The number of aryl methyl sites for hydroxylation is 1. The number of anilines is 1. The van der Waals surface area contributed by atoms with E-state index < -0.39 is 5.25 Å². The van der Waals surface area contributed by atoms with Crippen molar-refractivity contribution >= 4 is 40.1 Å². The van der Waals surface area contributed by atoms with Gasteiger partial charge in [0.25, 0.3) is 0 Å². The third-order valence-electron chi connectivity index (χ3n) is 4.67. The highest BCUT2D eigenvalue weighted by Gasteiger charge is 2.38.